The summed E-state index contributed by atoms with van der Waals surface area (Å²) in [5, 5.41) is 6.51. The molecule has 0 aromatic heterocycles. The predicted octanol–water partition coefficient (Wildman–Crippen LogP) is 1.80. The SMILES string of the molecule is CCCCOCCOCCNC(=NC)NCCCOCC1CC1. The molecule has 0 spiro atoms. The molecule has 0 radical (unpaired) electrons. The third-order valence-corrected chi connectivity index (χ3v) is 3.59. The largest absolute Gasteiger partial charge is 0.381 e. The van der Waals surface area contributed by atoms with Gasteiger partial charge < -0.3 is 24.8 Å². The van der Waals surface area contributed by atoms with Crippen LogP contribution in [0.1, 0.15) is 39.0 Å². The number of nitrogens with one attached hydrogen (secondary N) is 2. The van der Waals surface area contributed by atoms with Crippen LogP contribution in [-0.4, -0.2) is 65.7 Å². The molecule has 6 nitrogen and oxygen atoms in total. The molecular weight excluding hydrogens is 294 g/mol. The van der Waals surface area contributed by atoms with E-state index in [-0.39, 0.29) is 0 Å². The van der Waals surface area contributed by atoms with E-state index in [4.69, 9.17) is 14.2 Å². The summed E-state index contributed by atoms with van der Waals surface area (Å²) < 4.78 is 16.5. The monoisotopic (exact) mass is 329 g/mol. The summed E-state index contributed by atoms with van der Waals surface area (Å²) in [6, 6.07) is 0. The van der Waals surface area contributed by atoms with Gasteiger partial charge in [-0.3, -0.25) is 4.99 Å². The minimum atomic E-state index is 0.649. The molecule has 1 aliphatic carbocycles. The van der Waals surface area contributed by atoms with Crippen molar-refractivity contribution in [2.24, 2.45) is 10.9 Å². The van der Waals surface area contributed by atoms with E-state index in [1.54, 1.807) is 7.05 Å². The molecule has 0 atom stereocenters. The molecule has 0 unspecified atom stereocenters. The van der Waals surface area contributed by atoms with Crippen LogP contribution in [0.3, 0.4) is 0 Å². The van der Waals surface area contributed by atoms with E-state index in [1.165, 1.54) is 19.3 Å². The molecule has 1 saturated carbocycles. The molecule has 0 amide bonds. The van der Waals surface area contributed by atoms with E-state index in [0.29, 0.717) is 19.8 Å². The minimum absolute atomic E-state index is 0.649. The first-order chi connectivity index (χ1) is 11.4. The Hall–Kier alpha value is -0.850. The molecule has 2 N–H and O–H groups in total. The maximum atomic E-state index is 5.60. The lowest BCUT2D eigenvalue weighted by atomic mass is 10.4. The number of rotatable bonds is 15. The van der Waals surface area contributed by atoms with Crippen molar-refractivity contribution < 1.29 is 14.2 Å². The third kappa shape index (κ3) is 13.3. The number of hydrogen-bond donors (Lipinski definition) is 2. The molecule has 6 heteroatoms. The highest BCUT2D eigenvalue weighted by Crippen LogP contribution is 2.28. The molecule has 0 aromatic carbocycles. The van der Waals surface area contributed by atoms with Crippen LogP contribution in [0, 0.1) is 5.92 Å². The first-order valence-electron chi connectivity index (χ1n) is 9.04. The van der Waals surface area contributed by atoms with Crippen LogP contribution in [0.25, 0.3) is 0 Å². The maximum Gasteiger partial charge on any atom is 0.191 e. The summed E-state index contributed by atoms with van der Waals surface area (Å²) in [6.07, 6.45) is 5.99. The van der Waals surface area contributed by atoms with Crippen molar-refractivity contribution in [3.05, 3.63) is 0 Å². The summed E-state index contributed by atoms with van der Waals surface area (Å²) >= 11 is 0. The average Bonchev–Trinajstić information content (AvgIpc) is 3.38. The lowest BCUT2D eigenvalue weighted by Crippen LogP contribution is -2.39. The maximum absolute atomic E-state index is 5.60. The molecule has 0 aliphatic heterocycles. The lowest BCUT2D eigenvalue weighted by Gasteiger charge is -2.12. The summed E-state index contributed by atoms with van der Waals surface area (Å²) in [4.78, 5) is 4.19. The van der Waals surface area contributed by atoms with Crippen LogP contribution in [0.15, 0.2) is 4.99 Å². The Morgan fingerprint density at radius 3 is 2.30 bits per heavy atom. The van der Waals surface area contributed by atoms with Crippen LogP contribution in [0.5, 0.6) is 0 Å². The number of unbranched alkanes of at least 4 members (excludes halogenated alkanes) is 1. The molecule has 1 fully saturated rings. The van der Waals surface area contributed by atoms with Crippen LogP contribution in [0.4, 0.5) is 0 Å². The molecule has 0 heterocycles. The van der Waals surface area contributed by atoms with E-state index >= 15 is 0 Å². The number of nitrogens with zero attached hydrogens (tertiary/aromatic N) is 1. The smallest absolute Gasteiger partial charge is 0.191 e. The van der Waals surface area contributed by atoms with Crippen molar-refractivity contribution in [3.63, 3.8) is 0 Å². The van der Waals surface area contributed by atoms with Crippen LogP contribution >= 0.6 is 0 Å². The van der Waals surface area contributed by atoms with Crippen molar-refractivity contribution in [1.82, 2.24) is 10.6 Å². The molecule has 23 heavy (non-hydrogen) atoms. The zero-order valence-corrected chi connectivity index (χ0v) is 14.9. The van der Waals surface area contributed by atoms with Gasteiger partial charge in [0.2, 0.25) is 0 Å². The molecule has 1 rings (SSSR count). The van der Waals surface area contributed by atoms with E-state index in [0.717, 1.165) is 57.6 Å². The zero-order chi connectivity index (χ0) is 16.6. The predicted molar refractivity (Wildman–Crippen MR) is 94.1 cm³/mol. The topological polar surface area (TPSA) is 64.1 Å². The normalized spacial score (nSPS) is 15.0. The van der Waals surface area contributed by atoms with E-state index in [9.17, 15) is 0 Å². The van der Waals surface area contributed by atoms with Crippen molar-refractivity contribution in [3.8, 4) is 0 Å². The summed E-state index contributed by atoms with van der Waals surface area (Å²) in [5.74, 6) is 1.66. The second kappa shape index (κ2) is 14.7. The van der Waals surface area contributed by atoms with Crippen LogP contribution < -0.4 is 10.6 Å². The summed E-state index contributed by atoms with van der Waals surface area (Å²) in [5.41, 5.74) is 0. The second-order valence-electron chi connectivity index (χ2n) is 5.88. The highest BCUT2D eigenvalue weighted by atomic mass is 16.5. The quantitative estimate of drug-likeness (QED) is 0.272. The third-order valence-electron chi connectivity index (χ3n) is 3.59. The molecule has 0 saturated heterocycles. The van der Waals surface area contributed by atoms with Gasteiger partial charge in [0.15, 0.2) is 5.96 Å². The Morgan fingerprint density at radius 1 is 0.913 bits per heavy atom. The first kappa shape index (κ1) is 20.2. The number of ether oxygens (including phenoxy) is 3. The van der Waals surface area contributed by atoms with Crippen LogP contribution in [0.2, 0.25) is 0 Å². The van der Waals surface area contributed by atoms with Gasteiger partial charge in [0.05, 0.1) is 19.8 Å². The molecule has 0 aromatic rings. The summed E-state index contributed by atoms with van der Waals surface area (Å²) in [7, 11) is 1.78. The highest BCUT2D eigenvalue weighted by Gasteiger charge is 2.20. The number of aliphatic imine (C=N–C) groups is 1. The lowest BCUT2D eigenvalue weighted by molar-refractivity contribution is 0.0487. The van der Waals surface area contributed by atoms with Gasteiger partial charge in [0.25, 0.3) is 0 Å². The van der Waals surface area contributed by atoms with Gasteiger partial charge in [-0.05, 0) is 31.6 Å². The van der Waals surface area contributed by atoms with Crippen molar-refractivity contribution in [2.45, 2.75) is 39.0 Å². The Balaban J connectivity index is 1.81. The Labute approximate surface area is 141 Å². The van der Waals surface area contributed by atoms with Gasteiger partial charge in [-0.1, -0.05) is 13.3 Å². The van der Waals surface area contributed by atoms with E-state index in [2.05, 4.69) is 22.5 Å². The van der Waals surface area contributed by atoms with Gasteiger partial charge >= 0.3 is 0 Å². The van der Waals surface area contributed by atoms with Crippen molar-refractivity contribution >= 4 is 5.96 Å². The Kier molecular flexibility index (Phi) is 12.9. The Morgan fingerprint density at radius 2 is 1.61 bits per heavy atom. The zero-order valence-electron chi connectivity index (χ0n) is 14.9. The van der Waals surface area contributed by atoms with Gasteiger partial charge in [-0.25, -0.2) is 0 Å². The fourth-order valence-corrected chi connectivity index (χ4v) is 1.95. The highest BCUT2D eigenvalue weighted by molar-refractivity contribution is 5.79. The van der Waals surface area contributed by atoms with Gasteiger partial charge in [-0.15, -0.1) is 0 Å². The first-order valence-corrected chi connectivity index (χ1v) is 9.04. The Bertz CT molecular complexity index is 297. The fraction of sp³-hybridized carbons (Fsp3) is 0.941. The minimum Gasteiger partial charge on any atom is -0.381 e. The van der Waals surface area contributed by atoms with Gasteiger partial charge in [-0.2, -0.15) is 0 Å². The standard InChI is InChI=1S/C17H35N3O3/c1-3-4-10-21-13-14-22-12-9-20-17(18-2)19-8-5-11-23-15-16-6-7-16/h16H,3-15H2,1-2H3,(H2,18,19,20). The summed E-state index contributed by atoms with van der Waals surface area (Å²) in [6.45, 7) is 8.34. The van der Waals surface area contributed by atoms with Crippen LogP contribution in [-0.2, 0) is 14.2 Å². The van der Waals surface area contributed by atoms with Gasteiger partial charge in [0, 0.05) is 40.0 Å². The molecular formula is C17H35N3O3. The second-order valence-corrected chi connectivity index (χ2v) is 5.88. The van der Waals surface area contributed by atoms with Crippen molar-refractivity contribution in [1.29, 1.82) is 0 Å². The number of hydrogen-bond acceptors (Lipinski definition) is 4. The molecule has 1 aliphatic rings. The number of guanidine groups is 1. The van der Waals surface area contributed by atoms with Gasteiger partial charge in [0.1, 0.15) is 0 Å². The van der Waals surface area contributed by atoms with E-state index in [1.807, 2.05) is 0 Å². The average molecular weight is 329 g/mol. The molecule has 136 valence electrons. The van der Waals surface area contributed by atoms with E-state index < -0.39 is 0 Å². The van der Waals surface area contributed by atoms with Crippen molar-refractivity contribution in [2.75, 3.05) is 59.8 Å². The fourth-order valence-electron chi connectivity index (χ4n) is 1.95. The molecule has 0 bridgehead atoms.